The van der Waals surface area contributed by atoms with Gasteiger partial charge >= 0.3 is 0 Å². The van der Waals surface area contributed by atoms with Crippen molar-refractivity contribution >= 4 is 25.6 Å². The number of halogens is 2. The summed E-state index contributed by atoms with van der Waals surface area (Å²) in [6.07, 6.45) is 2.89. The van der Waals surface area contributed by atoms with Gasteiger partial charge in [-0.2, -0.15) is 0 Å². The van der Waals surface area contributed by atoms with E-state index in [2.05, 4.69) is 0 Å². The molecule has 1 aliphatic carbocycles. The first-order valence-electron chi connectivity index (χ1n) is 6.24. The Bertz CT molecular complexity index is 656. The quantitative estimate of drug-likeness (QED) is 0.805. The molecule has 0 atom stereocenters. The van der Waals surface area contributed by atoms with Crippen molar-refractivity contribution in [3.05, 3.63) is 29.1 Å². The molecule has 0 aromatic heterocycles. The van der Waals surface area contributed by atoms with E-state index >= 15 is 0 Å². The van der Waals surface area contributed by atoms with Crippen LogP contribution in [-0.4, -0.2) is 32.3 Å². The minimum atomic E-state index is -4.09. The number of rotatable bonds is 3. The van der Waals surface area contributed by atoms with Gasteiger partial charge in [0, 0.05) is 29.3 Å². The zero-order valence-corrected chi connectivity index (χ0v) is 12.8. The van der Waals surface area contributed by atoms with Crippen molar-refractivity contribution in [3.8, 4) is 0 Å². The maximum atomic E-state index is 13.6. The van der Waals surface area contributed by atoms with Gasteiger partial charge in [-0.1, -0.05) is 0 Å². The van der Waals surface area contributed by atoms with Crippen LogP contribution in [0.1, 0.15) is 35.2 Å². The highest BCUT2D eigenvalue weighted by Gasteiger charge is 2.29. The average Bonchev–Trinajstić information content (AvgIpc) is 2.27. The third-order valence-electron chi connectivity index (χ3n) is 3.76. The highest BCUT2D eigenvalue weighted by molar-refractivity contribution is 8.13. The summed E-state index contributed by atoms with van der Waals surface area (Å²) in [4.78, 5) is 13.5. The first-order valence-corrected chi connectivity index (χ1v) is 8.54. The number of amides is 1. The van der Waals surface area contributed by atoms with Crippen LogP contribution in [0, 0.1) is 12.7 Å². The first-order chi connectivity index (χ1) is 9.21. The van der Waals surface area contributed by atoms with Crippen molar-refractivity contribution in [2.75, 3.05) is 7.05 Å². The van der Waals surface area contributed by atoms with Crippen molar-refractivity contribution in [3.63, 3.8) is 0 Å². The monoisotopic (exact) mass is 319 g/mol. The Morgan fingerprint density at radius 2 is 2.00 bits per heavy atom. The number of nitrogens with zero attached hydrogens (tertiary/aromatic N) is 1. The van der Waals surface area contributed by atoms with Crippen molar-refractivity contribution in [1.82, 2.24) is 4.90 Å². The average molecular weight is 320 g/mol. The second-order valence-corrected chi connectivity index (χ2v) is 7.55. The van der Waals surface area contributed by atoms with Gasteiger partial charge in [-0.3, -0.25) is 4.79 Å². The number of carbonyl (C=O) groups is 1. The Labute approximate surface area is 121 Å². The number of carbonyl (C=O) groups excluding carboxylic acids is 1. The molecule has 1 aliphatic rings. The normalized spacial score (nSPS) is 15.8. The van der Waals surface area contributed by atoms with E-state index in [-0.39, 0.29) is 28.0 Å². The molecule has 20 heavy (non-hydrogen) atoms. The van der Waals surface area contributed by atoms with Crippen LogP contribution >= 0.6 is 10.7 Å². The van der Waals surface area contributed by atoms with Gasteiger partial charge in [0.1, 0.15) is 5.82 Å². The van der Waals surface area contributed by atoms with Crippen LogP contribution in [0.3, 0.4) is 0 Å². The summed E-state index contributed by atoms with van der Waals surface area (Å²) < 4.78 is 36.4. The van der Waals surface area contributed by atoms with Gasteiger partial charge in [0.25, 0.3) is 15.0 Å². The molecular formula is C13H15ClFNO3S. The fourth-order valence-corrected chi connectivity index (χ4v) is 3.47. The van der Waals surface area contributed by atoms with Crippen LogP contribution in [0.2, 0.25) is 0 Å². The molecule has 1 fully saturated rings. The highest BCUT2D eigenvalue weighted by Crippen LogP contribution is 2.28. The van der Waals surface area contributed by atoms with Gasteiger partial charge in [0.15, 0.2) is 0 Å². The van der Waals surface area contributed by atoms with Crippen LogP contribution < -0.4 is 0 Å². The summed E-state index contributed by atoms with van der Waals surface area (Å²) >= 11 is 0. The third kappa shape index (κ3) is 2.81. The molecular weight excluding hydrogens is 305 g/mol. The predicted molar refractivity (Wildman–Crippen MR) is 73.9 cm³/mol. The van der Waals surface area contributed by atoms with Gasteiger partial charge in [-0.05, 0) is 43.9 Å². The Hall–Kier alpha value is -1.14. The van der Waals surface area contributed by atoms with E-state index in [9.17, 15) is 17.6 Å². The van der Waals surface area contributed by atoms with E-state index in [1.165, 1.54) is 11.8 Å². The minimum absolute atomic E-state index is 0.0404. The van der Waals surface area contributed by atoms with Gasteiger partial charge in [0.05, 0.1) is 4.90 Å². The van der Waals surface area contributed by atoms with Crippen molar-refractivity contribution < 1.29 is 17.6 Å². The highest BCUT2D eigenvalue weighted by atomic mass is 35.7. The maximum Gasteiger partial charge on any atom is 0.261 e. The van der Waals surface area contributed by atoms with Crippen LogP contribution in [0.15, 0.2) is 17.0 Å². The van der Waals surface area contributed by atoms with Crippen LogP contribution in [0.25, 0.3) is 0 Å². The Morgan fingerprint density at radius 1 is 1.40 bits per heavy atom. The Balaban J connectivity index is 2.46. The van der Waals surface area contributed by atoms with Crippen LogP contribution in [-0.2, 0) is 9.05 Å². The predicted octanol–water partition coefficient (Wildman–Crippen LogP) is 2.69. The Kier molecular flexibility index (Phi) is 4.07. The van der Waals surface area contributed by atoms with Gasteiger partial charge in [-0.25, -0.2) is 12.8 Å². The van der Waals surface area contributed by atoms with Gasteiger partial charge in [0.2, 0.25) is 0 Å². The summed E-state index contributed by atoms with van der Waals surface area (Å²) in [7, 11) is 2.83. The van der Waals surface area contributed by atoms with E-state index in [4.69, 9.17) is 10.7 Å². The molecule has 0 spiro atoms. The number of hydrogen-bond acceptors (Lipinski definition) is 3. The van der Waals surface area contributed by atoms with Crippen LogP contribution in [0.4, 0.5) is 4.39 Å². The molecule has 4 nitrogen and oxygen atoms in total. The molecule has 0 aliphatic heterocycles. The second kappa shape index (κ2) is 5.33. The van der Waals surface area contributed by atoms with E-state index in [0.29, 0.717) is 0 Å². The van der Waals surface area contributed by atoms with E-state index < -0.39 is 14.9 Å². The lowest BCUT2D eigenvalue weighted by Crippen LogP contribution is -2.41. The smallest absolute Gasteiger partial charge is 0.261 e. The number of benzene rings is 1. The van der Waals surface area contributed by atoms with E-state index in [1.807, 2.05) is 0 Å². The standard InChI is InChI=1S/C13H15ClFNO3S/c1-8-11(13(17)16(2)10-4-3-5-10)6-9(15)7-12(8)20(14,18)19/h6-7,10H,3-5H2,1-2H3. The lowest BCUT2D eigenvalue weighted by Gasteiger charge is -2.35. The summed E-state index contributed by atoms with van der Waals surface area (Å²) in [6, 6.07) is 2.03. The molecule has 1 aromatic rings. The molecule has 2 rings (SSSR count). The zero-order valence-electron chi connectivity index (χ0n) is 11.2. The third-order valence-corrected chi connectivity index (χ3v) is 5.21. The molecule has 0 radical (unpaired) electrons. The molecule has 1 amide bonds. The van der Waals surface area contributed by atoms with Gasteiger partial charge < -0.3 is 4.90 Å². The lowest BCUT2D eigenvalue weighted by molar-refractivity contribution is 0.0650. The minimum Gasteiger partial charge on any atom is -0.339 e. The molecule has 0 unspecified atom stereocenters. The van der Waals surface area contributed by atoms with E-state index in [0.717, 1.165) is 31.4 Å². The van der Waals surface area contributed by atoms with Crippen molar-refractivity contribution in [2.45, 2.75) is 37.1 Å². The molecule has 0 heterocycles. The molecule has 0 bridgehead atoms. The molecule has 1 aromatic carbocycles. The summed E-state index contributed by atoms with van der Waals surface area (Å²) in [5.74, 6) is -1.17. The Morgan fingerprint density at radius 3 is 2.45 bits per heavy atom. The molecule has 110 valence electrons. The van der Waals surface area contributed by atoms with Crippen molar-refractivity contribution in [1.29, 1.82) is 0 Å². The SMILES string of the molecule is Cc1c(C(=O)N(C)C2CCC2)cc(F)cc1S(=O)(=O)Cl. The second-order valence-electron chi connectivity index (χ2n) is 5.02. The lowest BCUT2D eigenvalue weighted by atomic mass is 9.91. The molecule has 7 heteroatoms. The number of hydrogen-bond donors (Lipinski definition) is 0. The zero-order chi connectivity index (χ0) is 15.1. The summed E-state index contributed by atoms with van der Waals surface area (Å²) in [6.45, 7) is 1.45. The van der Waals surface area contributed by atoms with Crippen LogP contribution in [0.5, 0.6) is 0 Å². The van der Waals surface area contributed by atoms with E-state index in [1.54, 1.807) is 7.05 Å². The molecule has 0 saturated heterocycles. The molecule has 1 saturated carbocycles. The van der Waals surface area contributed by atoms with Gasteiger partial charge in [-0.15, -0.1) is 0 Å². The molecule has 0 N–H and O–H groups in total. The topological polar surface area (TPSA) is 54.5 Å². The fourth-order valence-electron chi connectivity index (χ4n) is 2.26. The first kappa shape index (κ1) is 15.3. The largest absolute Gasteiger partial charge is 0.339 e. The van der Waals surface area contributed by atoms with Crippen molar-refractivity contribution in [2.24, 2.45) is 0 Å². The summed E-state index contributed by atoms with van der Waals surface area (Å²) in [5.41, 5.74) is 0.219. The maximum absolute atomic E-state index is 13.6. The fraction of sp³-hybridized carbons (Fsp3) is 0.462. The summed E-state index contributed by atoms with van der Waals surface area (Å²) in [5, 5.41) is 0.